The minimum absolute atomic E-state index is 0.0476. The van der Waals surface area contributed by atoms with Crippen molar-refractivity contribution in [2.75, 3.05) is 24.3 Å². The van der Waals surface area contributed by atoms with E-state index in [9.17, 15) is 9.59 Å². The monoisotopic (exact) mass is 424 g/mol. The molecule has 0 unspecified atom stereocenters. The van der Waals surface area contributed by atoms with Crippen LogP contribution in [0.4, 0.5) is 16.2 Å². The van der Waals surface area contributed by atoms with Gasteiger partial charge in [0.25, 0.3) is 0 Å². The Bertz CT molecular complexity index is 878. The second kappa shape index (κ2) is 10.8. The molecule has 0 fully saturated rings. The largest absolute Gasteiger partial charge is 0.377 e. The van der Waals surface area contributed by atoms with Crippen molar-refractivity contribution in [1.82, 2.24) is 10.2 Å². The van der Waals surface area contributed by atoms with E-state index in [1.54, 1.807) is 0 Å². The lowest BCUT2D eigenvalue weighted by atomic mass is 10.0. The van der Waals surface area contributed by atoms with Crippen LogP contribution < -0.4 is 15.5 Å². The second-order valence-electron chi connectivity index (χ2n) is 8.70. The van der Waals surface area contributed by atoms with Gasteiger partial charge in [0.15, 0.2) is 0 Å². The molecular weight excluding hydrogens is 388 g/mol. The Morgan fingerprint density at radius 2 is 1.58 bits per heavy atom. The summed E-state index contributed by atoms with van der Waals surface area (Å²) in [6.07, 6.45) is 0. The van der Waals surface area contributed by atoms with Crippen molar-refractivity contribution in [2.45, 2.75) is 53.2 Å². The van der Waals surface area contributed by atoms with Gasteiger partial charge in [0, 0.05) is 44.0 Å². The molecule has 0 saturated carbocycles. The Morgan fingerprint density at radius 1 is 0.935 bits per heavy atom. The molecule has 31 heavy (non-hydrogen) atoms. The van der Waals surface area contributed by atoms with E-state index in [1.807, 2.05) is 100 Å². The Hall–Kier alpha value is -3.02. The zero-order valence-corrected chi connectivity index (χ0v) is 19.8. The van der Waals surface area contributed by atoms with Gasteiger partial charge in [-0.25, -0.2) is 4.79 Å². The van der Waals surface area contributed by atoms with Crippen LogP contribution in [-0.4, -0.2) is 37.0 Å². The van der Waals surface area contributed by atoms with Crippen LogP contribution in [0.15, 0.2) is 48.5 Å². The standard InChI is InChI=1S/C25H36N4O2/c1-17(2)24(30)29(19(5)20-11-9-8-10-12-20)16-21-15-22(13-14-23(21)28(6)7)27-25(31)26-18(3)4/h8-15,17-19H,16H2,1-7H3,(H2,26,27,31)/t19-/m0/s1. The van der Waals surface area contributed by atoms with E-state index in [1.165, 1.54) is 0 Å². The summed E-state index contributed by atoms with van der Waals surface area (Å²) in [7, 11) is 3.96. The van der Waals surface area contributed by atoms with Gasteiger partial charge in [0.1, 0.15) is 0 Å². The third-order valence-electron chi connectivity index (χ3n) is 5.11. The highest BCUT2D eigenvalue weighted by Gasteiger charge is 2.25. The molecule has 0 spiro atoms. The van der Waals surface area contributed by atoms with E-state index in [4.69, 9.17) is 0 Å². The van der Waals surface area contributed by atoms with Crippen LogP contribution in [0.1, 0.15) is 51.8 Å². The number of benzene rings is 2. The Morgan fingerprint density at radius 3 is 2.13 bits per heavy atom. The van der Waals surface area contributed by atoms with Crippen LogP contribution in [0, 0.1) is 5.92 Å². The molecule has 2 aromatic carbocycles. The molecule has 0 heterocycles. The second-order valence-corrected chi connectivity index (χ2v) is 8.70. The molecule has 1 atom stereocenters. The Labute approximate surface area is 186 Å². The minimum Gasteiger partial charge on any atom is -0.377 e. The molecular formula is C25H36N4O2. The van der Waals surface area contributed by atoms with Crippen molar-refractivity contribution in [3.63, 3.8) is 0 Å². The summed E-state index contributed by atoms with van der Waals surface area (Å²) >= 11 is 0. The number of rotatable bonds is 8. The maximum Gasteiger partial charge on any atom is 0.319 e. The molecule has 0 aromatic heterocycles. The van der Waals surface area contributed by atoms with Gasteiger partial charge in [0.2, 0.25) is 5.91 Å². The van der Waals surface area contributed by atoms with Crippen LogP contribution in [-0.2, 0) is 11.3 Å². The van der Waals surface area contributed by atoms with Crippen molar-refractivity contribution < 1.29 is 9.59 Å². The van der Waals surface area contributed by atoms with Crippen molar-refractivity contribution >= 4 is 23.3 Å². The molecule has 2 aromatic rings. The number of nitrogens with zero attached hydrogens (tertiary/aromatic N) is 2. The summed E-state index contributed by atoms with van der Waals surface area (Å²) in [5.41, 5.74) is 3.78. The first-order valence-corrected chi connectivity index (χ1v) is 10.8. The van der Waals surface area contributed by atoms with Gasteiger partial charge in [-0.3, -0.25) is 4.79 Å². The van der Waals surface area contributed by atoms with Gasteiger partial charge in [-0.05, 0) is 50.1 Å². The zero-order valence-electron chi connectivity index (χ0n) is 19.8. The zero-order chi connectivity index (χ0) is 23.1. The summed E-state index contributed by atoms with van der Waals surface area (Å²) in [5, 5.41) is 5.73. The number of carbonyl (C=O) groups is 2. The molecule has 3 amide bonds. The summed E-state index contributed by atoms with van der Waals surface area (Å²) in [4.78, 5) is 29.3. The fraction of sp³-hybridized carbons (Fsp3) is 0.440. The van der Waals surface area contributed by atoms with Crippen LogP contribution >= 0.6 is 0 Å². The molecule has 0 aliphatic carbocycles. The van der Waals surface area contributed by atoms with Crippen molar-refractivity contribution in [1.29, 1.82) is 0 Å². The number of urea groups is 1. The highest BCUT2D eigenvalue weighted by Crippen LogP contribution is 2.29. The fourth-order valence-corrected chi connectivity index (χ4v) is 3.49. The van der Waals surface area contributed by atoms with Gasteiger partial charge >= 0.3 is 6.03 Å². The van der Waals surface area contributed by atoms with Crippen LogP contribution in [0.3, 0.4) is 0 Å². The summed E-state index contributed by atoms with van der Waals surface area (Å²) in [6.45, 7) is 10.2. The summed E-state index contributed by atoms with van der Waals surface area (Å²) in [5.74, 6) is -0.0240. The van der Waals surface area contributed by atoms with Gasteiger partial charge in [-0.2, -0.15) is 0 Å². The van der Waals surface area contributed by atoms with Crippen LogP contribution in [0.5, 0.6) is 0 Å². The van der Waals surface area contributed by atoms with Gasteiger partial charge < -0.3 is 20.4 Å². The molecule has 6 nitrogen and oxygen atoms in total. The molecule has 0 aliphatic rings. The third kappa shape index (κ3) is 6.74. The number of amides is 3. The lowest BCUT2D eigenvalue weighted by Gasteiger charge is -2.33. The van der Waals surface area contributed by atoms with Crippen molar-refractivity contribution in [2.24, 2.45) is 5.92 Å². The normalized spacial score (nSPS) is 11.9. The Kier molecular flexibility index (Phi) is 8.48. The fourth-order valence-electron chi connectivity index (χ4n) is 3.49. The smallest absolute Gasteiger partial charge is 0.319 e. The molecule has 0 bridgehead atoms. The highest BCUT2D eigenvalue weighted by atomic mass is 16.2. The van der Waals surface area contributed by atoms with E-state index in [-0.39, 0.29) is 29.9 Å². The number of hydrogen-bond acceptors (Lipinski definition) is 3. The average Bonchev–Trinajstić information content (AvgIpc) is 2.70. The number of hydrogen-bond donors (Lipinski definition) is 2. The Balaban J connectivity index is 2.40. The highest BCUT2D eigenvalue weighted by molar-refractivity contribution is 5.90. The van der Waals surface area contributed by atoms with Gasteiger partial charge in [-0.15, -0.1) is 0 Å². The van der Waals surface area contributed by atoms with Crippen LogP contribution in [0.25, 0.3) is 0 Å². The third-order valence-corrected chi connectivity index (χ3v) is 5.11. The number of carbonyl (C=O) groups excluding carboxylic acids is 2. The molecule has 2 N–H and O–H groups in total. The summed E-state index contributed by atoms with van der Waals surface area (Å²) in [6, 6.07) is 15.6. The number of nitrogens with one attached hydrogen (secondary N) is 2. The molecule has 0 aliphatic heterocycles. The number of anilines is 2. The predicted octanol–water partition coefficient (Wildman–Crippen LogP) is 5.03. The first-order valence-electron chi connectivity index (χ1n) is 10.8. The molecule has 6 heteroatoms. The van der Waals surface area contributed by atoms with E-state index in [0.717, 1.165) is 16.8 Å². The molecule has 0 saturated heterocycles. The molecule has 168 valence electrons. The lowest BCUT2D eigenvalue weighted by molar-refractivity contribution is -0.137. The SMILES string of the molecule is CC(C)NC(=O)Nc1ccc(N(C)C)c(CN(C(=O)C(C)C)[C@@H](C)c2ccccc2)c1. The topological polar surface area (TPSA) is 64.7 Å². The quantitative estimate of drug-likeness (QED) is 0.625. The van der Waals surface area contributed by atoms with Crippen LogP contribution in [0.2, 0.25) is 0 Å². The first-order chi connectivity index (χ1) is 14.6. The molecule has 2 rings (SSSR count). The maximum absolute atomic E-state index is 13.2. The predicted molar refractivity (Wildman–Crippen MR) is 128 cm³/mol. The average molecular weight is 425 g/mol. The first kappa shape index (κ1) is 24.3. The van der Waals surface area contributed by atoms with E-state index >= 15 is 0 Å². The maximum atomic E-state index is 13.2. The minimum atomic E-state index is -0.244. The van der Waals surface area contributed by atoms with Crippen molar-refractivity contribution in [3.8, 4) is 0 Å². The molecule has 0 radical (unpaired) electrons. The lowest BCUT2D eigenvalue weighted by Crippen LogP contribution is -2.36. The van der Waals surface area contributed by atoms with Gasteiger partial charge in [0.05, 0.1) is 6.04 Å². The van der Waals surface area contributed by atoms with E-state index < -0.39 is 0 Å². The van der Waals surface area contributed by atoms with Gasteiger partial charge in [-0.1, -0.05) is 44.2 Å². The van der Waals surface area contributed by atoms with Crippen molar-refractivity contribution in [3.05, 3.63) is 59.7 Å². The van der Waals surface area contributed by atoms with E-state index in [0.29, 0.717) is 12.2 Å². The van der Waals surface area contributed by atoms with E-state index in [2.05, 4.69) is 17.6 Å². The summed E-state index contributed by atoms with van der Waals surface area (Å²) < 4.78 is 0.